The maximum absolute atomic E-state index is 5.62. The Morgan fingerprint density at radius 1 is 1.45 bits per heavy atom. The summed E-state index contributed by atoms with van der Waals surface area (Å²) in [7, 11) is 0. The van der Waals surface area contributed by atoms with E-state index in [1.54, 1.807) is 0 Å². The highest BCUT2D eigenvalue weighted by molar-refractivity contribution is 4.80. The molecule has 2 atom stereocenters. The van der Waals surface area contributed by atoms with Gasteiger partial charge in [-0.05, 0) is 19.3 Å². The van der Waals surface area contributed by atoms with Gasteiger partial charge in [0.25, 0.3) is 0 Å². The van der Waals surface area contributed by atoms with E-state index in [1.165, 1.54) is 12.8 Å². The van der Waals surface area contributed by atoms with Crippen molar-refractivity contribution in [2.45, 2.75) is 45.3 Å². The van der Waals surface area contributed by atoms with Crippen molar-refractivity contribution in [2.75, 3.05) is 13.2 Å². The molecule has 1 rings (SSSR count). The number of hydrogen-bond donors (Lipinski definition) is 1. The molecule has 0 saturated carbocycles. The molecule has 0 aromatic carbocycles. The van der Waals surface area contributed by atoms with Crippen LogP contribution in [0.25, 0.3) is 0 Å². The van der Waals surface area contributed by atoms with Crippen LogP contribution in [-0.2, 0) is 4.74 Å². The monoisotopic (exact) mass is 157 g/mol. The lowest BCUT2D eigenvalue weighted by Gasteiger charge is -2.09. The van der Waals surface area contributed by atoms with Gasteiger partial charge in [-0.1, -0.05) is 13.8 Å². The van der Waals surface area contributed by atoms with E-state index >= 15 is 0 Å². The van der Waals surface area contributed by atoms with Crippen LogP contribution in [0.5, 0.6) is 0 Å². The zero-order chi connectivity index (χ0) is 8.10. The van der Waals surface area contributed by atoms with Crippen LogP contribution in [0.15, 0.2) is 0 Å². The van der Waals surface area contributed by atoms with Gasteiger partial charge in [0, 0.05) is 19.2 Å². The maximum atomic E-state index is 5.62. The average molecular weight is 157 g/mol. The molecule has 0 bridgehead atoms. The second kappa shape index (κ2) is 4.73. The van der Waals surface area contributed by atoms with Crippen LogP contribution in [0.3, 0.4) is 0 Å². The zero-order valence-corrected chi connectivity index (χ0v) is 7.60. The van der Waals surface area contributed by atoms with Gasteiger partial charge >= 0.3 is 0 Å². The Kier molecular flexibility index (Phi) is 3.87. The summed E-state index contributed by atoms with van der Waals surface area (Å²) in [4.78, 5) is 0. The molecule has 66 valence electrons. The van der Waals surface area contributed by atoms with Crippen molar-refractivity contribution < 1.29 is 4.74 Å². The first-order chi connectivity index (χ1) is 5.36. The van der Waals surface area contributed by atoms with E-state index in [2.05, 4.69) is 19.2 Å². The average Bonchev–Trinajstić information content (AvgIpc) is 2.48. The fourth-order valence-electron chi connectivity index (χ4n) is 1.50. The Morgan fingerprint density at radius 3 is 2.82 bits per heavy atom. The molecule has 0 aromatic rings. The van der Waals surface area contributed by atoms with Gasteiger partial charge < -0.3 is 10.1 Å². The van der Waals surface area contributed by atoms with E-state index in [0.29, 0.717) is 12.1 Å². The number of nitrogens with one attached hydrogen (secondary N) is 1. The Morgan fingerprint density at radius 2 is 2.27 bits per heavy atom. The Bertz CT molecular complexity index is 106. The molecule has 1 heterocycles. The van der Waals surface area contributed by atoms with E-state index in [0.717, 1.165) is 19.6 Å². The molecule has 0 amide bonds. The van der Waals surface area contributed by atoms with Crippen LogP contribution < -0.4 is 5.32 Å². The lowest BCUT2D eigenvalue weighted by molar-refractivity contribution is 0.0658. The van der Waals surface area contributed by atoms with Crippen molar-refractivity contribution in [3.63, 3.8) is 0 Å². The Balaban J connectivity index is 2.09. The lowest BCUT2D eigenvalue weighted by Crippen LogP contribution is -2.20. The minimum atomic E-state index is 0.486. The first-order valence-corrected chi connectivity index (χ1v) is 4.71. The van der Waals surface area contributed by atoms with Crippen LogP contribution in [0.2, 0.25) is 0 Å². The van der Waals surface area contributed by atoms with Gasteiger partial charge in [-0.3, -0.25) is 0 Å². The van der Waals surface area contributed by atoms with Crippen molar-refractivity contribution in [2.24, 2.45) is 0 Å². The third-order valence-corrected chi connectivity index (χ3v) is 2.23. The Hall–Kier alpha value is -0.0800. The summed E-state index contributed by atoms with van der Waals surface area (Å²) in [5.41, 5.74) is 0. The van der Waals surface area contributed by atoms with Crippen LogP contribution in [0, 0.1) is 0 Å². The van der Waals surface area contributed by atoms with Crippen molar-refractivity contribution in [1.82, 2.24) is 5.32 Å². The predicted octanol–water partition coefficient (Wildman–Crippen LogP) is 1.55. The molecule has 11 heavy (non-hydrogen) atoms. The van der Waals surface area contributed by atoms with Crippen LogP contribution in [-0.4, -0.2) is 25.3 Å². The molecule has 2 nitrogen and oxygen atoms in total. The van der Waals surface area contributed by atoms with Crippen molar-refractivity contribution in [3.8, 4) is 0 Å². The quantitative estimate of drug-likeness (QED) is 0.668. The molecule has 0 unspecified atom stereocenters. The van der Waals surface area contributed by atoms with Gasteiger partial charge in [-0.25, -0.2) is 0 Å². The predicted molar refractivity (Wildman–Crippen MR) is 46.7 cm³/mol. The zero-order valence-electron chi connectivity index (χ0n) is 7.60. The molecule has 0 spiro atoms. The highest BCUT2D eigenvalue weighted by Gasteiger charge is 2.22. The van der Waals surface area contributed by atoms with Gasteiger partial charge in [0.05, 0.1) is 6.10 Å². The molecule has 1 aliphatic heterocycles. The van der Waals surface area contributed by atoms with Crippen LogP contribution in [0.4, 0.5) is 0 Å². The number of hydrogen-bond acceptors (Lipinski definition) is 2. The van der Waals surface area contributed by atoms with E-state index in [1.807, 2.05) is 0 Å². The summed E-state index contributed by atoms with van der Waals surface area (Å²) in [5, 5.41) is 3.44. The Labute approximate surface area is 69.3 Å². The molecular weight excluding hydrogens is 138 g/mol. The SMILES string of the molecule is CCCO[C@H]1CN[C@@H](CC)C1. The van der Waals surface area contributed by atoms with Crippen molar-refractivity contribution >= 4 is 0 Å². The fourth-order valence-corrected chi connectivity index (χ4v) is 1.50. The molecule has 1 N–H and O–H groups in total. The first-order valence-electron chi connectivity index (χ1n) is 4.71. The summed E-state index contributed by atoms with van der Waals surface area (Å²) in [6.45, 7) is 6.35. The van der Waals surface area contributed by atoms with Gasteiger partial charge in [0.15, 0.2) is 0 Å². The number of ether oxygens (including phenoxy) is 1. The summed E-state index contributed by atoms with van der Waals surface area (Å²) >= 11 is 0. The molecule has 0 aromatic heterocycles. The van der Waals surface area contributed by atoms with Crippen LogP contribution in [0.1, 0.15) is 33.1 Å². The molecule has 2 heteroatoms. The van der Waals surface area contributed by atoms with Gasteiger partial charge in [0.2, 0.25) is 0 Å². The molecule has 0 radical (unpaired) electrons. The smallest absolute Gasteiger partial charge is 0.0714 e. The molecule has 1 aliphatic rings. The van der Waals surface area contributed by atoms with E-state index in [-0.39, 0.29) is 0 Å². The topological polar surface area (TPSA) is 21.3 Å². The minimum absolute atomic E-state index is 0.486. The first kappa shape index (κ1) is 9.01. The highest BCUT2D eigenvalue weighted by atomic mass is 16.5. The second-order valence-corrected chi connectivity index (χ2v) is 3.24. The normalized spacial score (nSPS) is 31.1. The van der Waals surface area contributed by atoms with E-state index in [9.17, 15) is 0 Å². The van der Waals surface area contributed by atoms with Gasteiger partial charge in [-0.2, -0.15) is 0 Å². The summed E-state index contributed by atoms with van der Waals surface area (Å²) in [6.07, 6.45) is 4.05. The molecule has 1 fully saturated rings. The lowest BCUT2D eigenvalue weighted by atomic mass is 10.1. The second-order valence-electron chi connectivity index (χ2n) is 3.24. The summed E-state index contributed by atoms with van der Waals surface area (Å²) in [5.74, 6) is 0. The number of rotatable bonds is 4. The third kappa shape index (κ3) is 2.80. The molecule has 1 saturated heterocycles. The van der Waals surface area contributed by atoms with Crippen LogP contribution >= 0.6 is 0 Å². The molecule has 0 aliphatic carbocycles. The van der Waals surface area contributed by atoms with Gasteiger partial charge in [0.1, 0.15) is 0 Å². The maximum Gasteiger partial charge on any atom is 0.0714 e. The van der Waals surface area contributed by atoms with E-state index in [4.69, 9.17) is 4.74 Å². The summed E-state index contributed by atoms with van der Waals surface area (Å²) in [6, 6.07) is 0.705. The van der Waals surface area contributed by atoms with Crippen molar-refractivity contribution in [1.29, 1.82) is 0 Å². The standard InChI is InChI=1S/C9H19NO/c1-3-5-11-9-6-8(4-2)10-7-9/h8-10H,3-7H2,1-2H3/t8-,9+/m0/s1. The van der Waals surface area contributed by atoms with E-state index < -0.39 is 0 Å². The fraction of sp³-hybridized carbons (Fsp3) is 1.00. The van der Waals surface area contributed by atoms with Gasteiger partial charge in [-0.15, -0.1) is 0 Å². The third-order valence-electron chi connectivity index (χ3n) is 2.23. The molecular formula is C9H19NO. The van der Waals surface area contributed by atoms with Crippen molar-refractivity contribution in [3.05, 3.63) is 0 Å². The minimum Gasteiger partial charge on any atom is -0.377 e. The highest BCUT2D eigenvalue weighted by Crippen LogP contribution is 2.12. The summed E-state index contributed by atoms with van der Waals surface area (Å²) < 4.78 is 5.62. The largest absolute Gasteiger partial charge is 0.377 e.